The highest BCUT2D eigenvalue weighted by Gasteiger charge is 2.25. The van der Waals surface area contributed by atoms with Crippen LogP contribution in [0.3, 0.4) is 0 Å². The first-order valence-corrected chi connectivity index (χ1v) is 4.01. The van der Waals surface area contributed by atoms with Gasteiger partial charge < -0.3 is 5.32 Å². The molecule has 1 fully saturated rings. The molecule has 0 saturated carbocycles. The Balaban J connectivity index is 2.24. The first-order chi connectivity index (χ1) is 5.38. The maximum atomic E-state index is 11.3. The largest absolute Gasteiger partial charge is 0.387 e. The highest BCUT2D eigenvalue weighted by atomic mass is 16.1. The fraction of sp³-hybridized carbons (Fsp3) is 0.444. The van der Waals surface area contributed by atoms with Crippen LogP contribution >= 0.6 is 0 Å². The van der Waals surface area contributed by atoms with Crippen molar-refractivity contribution in [2.75, 3.05) is 6.54 Å². The molecule has 1 aliphatic heterocycles. The van der Waals surface area contributed by atoms with E-state index in [1.54, 1.807) is 0 Å². The second-order valence-corrected chi connectivity index (χ2v) is 2.98. The van der Waals surface area contributed by atoms with Crippen molar-refractivity contribution >= 4 is 5.78 Å². The number of hydrogen-bond acceptors (Lipinski definition) is 2. The highest BCUT2D eigenvalue weighted by molar-refractivity contribution is 5.85. The molecular formula is C9H11NO. The van der Waals surface area contributed by atoms with Gasteiger partial charge in [-0.05, 0) is 12.5 Å². The van der Waals surface area contributed by atoms with Crippen molar-refractivity contribution in [2.24, 2.45) is 5.92 Å². The minimum atomic E-state index is 0.147. The minimum absolute atomic E-state index is 0.147. The lowest BCUT2D eigenvalue weighted by Gasteiger charge is -2.26. The number of fused-ring (bicyclic) bond motifs is 1. The molecule has 0 aromatic carbocycles. The number of piperidine rings is 1. The van der Waals surface area contributed by atoms with Crippen LogP contribution in [0.25, 0.3) is 0 Å². The van der Waals surface area contributed by atoms with Crippen molar-refractivity contribution in [3.05, 3.63) is 23.9 Å². The molecule has 0 radical (unpaired) electrons. The molecule has 1 unspecified atom stereocenters. The van der Waals surface area contributed by atoms with Gasteiger partial charge in [0.05, 0.1) is 5.92 Å². The molecule has 1 aliphatic carbocycles. The first kappa shape index (κ1) is 6.65. The Bertz CT molecular complexity index is 240. The fourth-order valence-electron chi connectivity index (χ4n) is 1.62. The average Bonchev–Trinajstić information content (AvgIpc) is 2.06. The van der Waals surface area contributed by atoms with Gasteiger partial charge in [0, 0.05) is 18.7 Å². The van der Waals surface area contributed by atoms with Crippen molar-refractivity contribution in [2.45, 2.75) is 12.8 Å². The number of ketones is 1. The normalized spacial score (nSPS) is 28.9. The summed E-state index contributed by atoms with van der Waals surface area (Å²) in [4.78, 5) is 11.3. The molecule has 1 atom stereocenters. The summed E-state index contributed by atoms with van der Waals surface area (Å²) in [7, 11) is 0. The molecule has 0 spiro atoms. The van der Waals surface area contributed by atoms with E-state index < -0.39 is 0 Å². The predicted molar refractivity (Wildman–Crippen MR) is 43.0 cm³/mol. The van der Waals surface area contributed by atoms with Crippen molar-refractivity contribution in [1.29, 1.82) is 0 Å². The van der Waals surface area contributed by atoms with Gasteiger partial charge in [-0.2, -0.15) is 0 Å². The van der Waals surface area contributed by atoms with E-state index in [2.05, 4.69) is 11.4 Å². The lowest BCUT2D eigenvalue weighted by molar-refractivity contribution is -0.122. The van der Waals surface area contributed by atoms with E-state index in [9.17, 15) is 4.79 Å². The van der Waals surface area contributed by atoms with Crippen LogP contribution in [-0.4, -0.2) is 12.3 Å². The van der Waals surface area contributed by atoms with E-state index in [-0.39, 0.29) is 5.92 Å². The summed E-state index contributed by atoms with van der Waals surface area (Å²) in [6.45, 7) is 0.814. The Morgan fingerprint density at radius 2 is 2.45 bits per heavy atom. The Morgan fingerprint density at radius 3 is 3.27 bits per heavy atom. The molecule has 0 bridgehead atoms. The van der Waals surface area contributed by atoms with Crippen LogP contribution in [0, 0.1) is 5.92 Å². The zero-order chi connectivity index (χ0) is 7.68. The summed E-state index contributed by atoms with van der Waals surface area (Å²) in [6.07, 6.45) is 7.65. The van der Waals surface area contributed by atoms with Gasteiger partial charge in [-0.15, -0.1) is 0 Å². The lowest BCUT2D eigenvalue weighted by atomic mass is 9.88. The van der Waals surface area contributed by atoms with E-state index in [1.807, 2.05) is 12.2 Å². The molecule has 0 aromatic heterocycles. The van der Waals surface area contributed by atoms with Crippen LogP contribution in [0.5, 0.6) is 0 Å². The average molecular weight is 149 g/mol. The zero-order valence-electron chi connectivity index (χ0n) is 6.34. The quantitative estimate of drug-likeness (QED) is 0.557. The molecular weight excluding hydrogens is 138 g/mol. The monoisotopic (exact) mass is 149 g/mol. The molecule has 58 valence electrons. The van der Waals surface area contributed by atoms with Crippen LogP contribution in [0.4, 0.5) is 0 Å². The fourth-order valence-corrected chi connectivity index (χ4v) is 1.62. The van der Waals surface area contributed by atoms with Crippen molar-refractivity contribution in [1.82, 2.24) is 5.32 Å². The summed E-state index contributed by atoms with van der Waals surface area (Å²) in [5, 5.41) is 3.24. The number of carbonyl (C=O) groups excluding carboxylic acids is 1. The van der Waals surface area contributed by atoms with Crippen molar-refractivity contribution in [3.8, 4) is 0 Å². The van der Waals surface area contributed by atoms with Gasteiger partial charge in [0.25, 0.3) is 0 Å². The second-order valence-electron chi connectivity index (χ2n) is 2.98. The van der Waals surface area contributed by atoms with Crippen LogP contribution < -0.4 is 5.32 Å². The zero-order valence-corrected chi connectivity index (χ0v) is 6.34. The Kier molecular flexibility index (Phi) is 1.53. The third-order valence-corrected chi connectivity index (χ3v) is 2.25. The second kappa shape index (κ2) is 2.53. The summed E-state index contributed by atoms with van der Waals surface area (Å²) < 4.78 is 0. The topological polar surface area (TPSA) is 29.1 Å². The van der Waals surface area contributed by atoms with Gasteiger partial charge in [-0.25, -0.2) is 0 Å². The maximum absolute atomic E-state index is 11.3. The Labute approximate surface area is 66.0 Å². The molecule has 0 aromatic rings. The molecule has 1 heterocycles. The third-order valence-electron chi connectivity index (χ3n) is 2.25. The highest BCUT2D eigenvalue weighted by Crippen LogP contribution is 2.23. The van der Waals surface area contributed by atoms with Gasteiger partial charge in [0.15, 0.2) is 0 Å². The Morgan fingerprint density at radius 1 is 1.55 bits per heavy atom. The van der Waals surface area contributed by atoms with Crippen LogP contribution in [0.2, 0.25) is 0 Å². The molecule has 0 amide bonds. The van der Waals surface area contributed by atoms with Crippen molar-refractivity contribution < 1.29 is 4.79 Å². The van der Waals surface area contributed by atoms with E-state index in [0.29, 0.717) is 12.2 Å². The van der Waals surface area contributed by atoms with Crippen molar-refractivity contribution in [3.63, 3.8) is 0 Å². The maximum Gasteiger partial charge on any atom is 0.143 e. The number of Topliss-reactive ketones (excluding diaryl/α,β-unsaturated/α-hetero) is 1. The van der Waals surface area contributed by atoms with E-state index >= 15 is 0 Å². The van der Waals surface area contributed by atoms with E-state index in [4.69, 9.17) is 0 Å². The minimum Gasteiger partial charge on any atom is -0.387 e. The molecule has 2 heteroatoms. The predicted octanol–water partition coefficient (Wildman–Crippen LogP) is 1.01. The summed E-state index contributed by atoms with van der Waals surface area (Å²) in [5.41, 5.74) is 1.11. The molecule has 2 nitrogen and oxygen atoms in total. The van der Waals surface area contributed by atoms with Gasteiger partial charge in [-0.1, -0.05) is 12.2 Å². The summed E-state index contributed by atoms with van der Waals surface area (Å²) >= 11 is 0. The number of carbonyl (C=O) groups is 1. The molecule has 11 heavy (non-hydrogen) atoms. The number of rotatable bonds is 0. The smallest absolute Gasteiger partial charge is 0.143 e. The SMILES string of the molecule is O=C1CCNC2=CC=CCC12. The Hall–Kier alpha value is -1.05. The number of hydrogen-bond donors (Lipinski definition) is 1. The number of allylic oxidation sites excluding steroid dienone is 4. The first-order valence-electron chi connectivity index (χ1n) is 4.01. The van der Waals surface area contributed by atoms with Crippen LogP contribution in [-0.2, 0) is 4.79 Å². The molecule has 1 N–H and O–H groups in total. The van der Waals surface area contributed by atoms with Crippen LogP contribution in [0.1, 0.15) is 12.8 Å². The van der Waals surface area contributed by atoms with Gasteiger partial charge >= 0.3 is 0 Å². The van der Waals surface area contributed by atoms with E-state index in [1.165, 1.54) is 0 Å². The lowest BCUT2D eigenvalue weighted by Crippen LogP contribution is -2.35. The number of nitrogens with one attached hydrogen (secondary N) is 1. The summed E-state index contributed by atoms with van der Waals surface area (Å²) in [6, 6.07) is 0. The van der Waals surface area contributed by atoms with Crippen LogP contribution in [0.15, 0.2) is 23.9 Å². The standard InChI is InChI=1S/C9H11NO/c11-9-5-6-10-8-4-2-1-3-7(8)9/h1-2,4,7,10H,3,5-6H2. The molecule has 2 aliphatic rings. The van der Waals surface area contributed by atoms with Gasteiger partial charge in [0.2, 0.25) is 0 Å². The third kappa shape index (κ3) is 1.09. The van der Waals surface area contributed by atoms with Gasteiger partial charge in [0.1, 0.15) is 5.78 Å². The van der Waals surface area contributed by atoms with Gasteiger partial charge in [-0.3, -0.25) is 4.79 Å². The molecule has 2 rings (SSSR count). The molecule has 1 saturated heterocycles. The summed E-state index contributed by atoms with van der Waals surface area (Å²) in [5.74, 6) is 0.535. The van der Waals surface area contributed by atoms with E-state index in [0.717, 1.165) is 18.7 Å².